The van der Waals surface area contributed by atoms with Crippen molar-refractivity contribution in [2.75, 3.05) is 5.75 Å². The molecule has 1 aromatic rings. The highest BCUT2D eigenvalue weighted by molar-refractivity contribution is 7.99. The Morgan fingerprint density at radius 3 is 2.75 bits per heavy atom. The third-order valence-electron chi connectivity index (χ3n) is 1.90. The van der Waals surface area contributed by atoms with Gasteiger partial charge in [0, 0.05) is 11.8 Å². The molecule has 1 aromatic carbocycles. The molecule has 4 heteroatoms. The Balaban J connectivity index is 2.31. The summed E-state index contributed by atoms with van der Waals surface area (Å²) in [6, 6.07) is 6.79. The minimum Gasteiger partial charge on any atom is -0.353 e. The molecular formula is C12H16FNOS. The average Bonchev–Trinajstić information content (AvgIpc) is 2.19. The van der Waals surface area contributed by atoms with Gasteiger partial charge in [-0.1, -0.05) is 18.2 Å². The van der Waals surface area contributed by atoms with Crippen LogP contribution in [0.3, 0.4) is 0 Å². The first-order valence-electron chi connectivity index (χ1n) is 5.20. The van der Waals surface area contributed by atoms with E-state index in [1.165, 1.54) is 17.8 Å². The SMILES string of the molecule is CC(C)NC(=O)CSCc1ccccc1F. The molecule has 1 amide bonds. The maximum absolute atomic E-state index is 13.2. The van der Waals surface area contributed by atoms with Gasteiger partial charge in [0.1, 0.15) is 5.82 Å². The Bertz CT molecular complexity index is 355. The van der Waals surface area contributed by atoms with Crippen LogP contribution in [0.15, 0.2) is 24.3 Å². The highest BCUT2D eigenvalue weighted by Crippen LogP contribution is 2.14. The van der Waals surface area contributed by atoms with E-state index in [1.807, 2.05) is 13.8 Å². The van der Waals surface area contributed by atoms with Gasteiger partial charge in [0.05, 0.1) is 5.75 Å². The smallest absolute Gasteiger partial charge is 0.230 e. The maximum atomic E-state index is 13.2. The van der Waals surface area contributed by atoms with Gasteiger partial charge in [-0.15, -0.1) is 11.8 Å². The van der Waals surface area contributed by atoms with Crippen molar-refractivity contribution < 1.29 is 9.18 Å². The molecule has 0 aromatic heterocycles. The fraction of sp³-hybridized carbons (Fsp3) is 0.417. The van der Waals surface area contributed by atoms with E-state index in [0.29, 0.717) is 17.1 Å². The second-order valence-electron chi connectivity index (χ2n) is 3.81. The van der Waals surface area contributed by atoms with Crippen LogP contribution in [0.25, 0.3) is 0 Å². The molecule has 0 saturated heterocycles. The molecule has 0 saturated carbocycles. The van der Waals surface area contributed by atoms with Gasteiger partial charge in [0.2, 0.25) is 5.91 Å². The predicted molar refractivity (Wildman–Crippen MR) is 65.8 cm³/mol. The molecule has 88 valence electrons. The minimum absolute atomic E-state index is 0.00339. The number of rotatable bonds is 5. The number of hydrogen-bond acceptors (Lipinski definition) is 2. The number of thioether (sulfide) groups is 1. The Labute approximate surface area is 99.6 Å². The molecule has 0 unspecified atom stereocenters. The van der Waals surface area contributed by atoms with E-state index < -0.39 is 0 Å². The summed E-state index contributed by atoms with van der Waals surface area (Å²) in [5, 5.41) is 2.79. The second-order valence-corrected chi connectivity index (χ2v) is 4.79. The molecule has 16 heavy (non-hydrogen) atoms. The van der Waals surface area contributed by atoms with Gasteiger partial charge >= 0.3 is 0 Å². The fourth-order valence-electron chi connectivity index (χ4n) is 1.23. The molecule has 0 spiro atoms. The summed E-state index contributed by atoms with van der Waals surface area (Å²) >= 11 is 1.42. The molecule has 0 fully saturated rings. The summed E-state index contributed by atoms with van der Waals surface area (Å²) in [6.45, 7) is 3.83. The van der Waals surface area contributed by atoms with Crippen LogP contribution >= 0.6 is 11.8 Å². The lowest BCUT2D eigenvalue weighted by atomic mass is 10.2. The summed E-state index contributed by atoms with van der Waals surface area (Å²) in [6.07, 6.45) is 0. The summed E-state index contributed by atoms with van der Waals surface area (Å²) in [7, 11) is 0. The Morgan fingerprint density at radius 2 is 2.12 bits per heavy atom. The first-order valence-corrected chi connectivity index (χ1v) is 6.35. The zero-order chi connectivity index (χ0) is 12.0. The molecule has 0 heterocycles. The highest BCUT2D eigenvalue weighted by atomic mass is 32.2. The van der Waals surface area contributed by atoms with Crippen molar-refractivity contribution in [1.29, 1.82) is 0 Å². The zero-order valence-corrected chi connectivity index (χ0v) is 10.3. The number of carbonyl (C=O) groups is 1. The molecular weight excluding hydrogens is 225 g/mol. The average molecular weight is 241 g/mol. The van der Waals surface area contributed by atoms with Crippen molar-refractivity contribution in [3.05, 3.63) is 35.6 Å². The number of carbonyl (C=O) groups excluding carboxylic acids is 1. The predicted octanol–water partition coefficient (Wildman–Crippen LogP) is 2.58. The van der Waals surface area contributed by atoms with Gasteiger partial charge < -0.3 is 5.32 Å². The molecule has 2 nitrogen and oxygen atoms in total. The van der Waals surface area contributed by atoms with E-state index in [0.717, 1.165) is 0 Å². The normalized spacial score (nSPS) is 10.5. The molecule has 0 radical (unpaired) electrons. The molecule has 0 bridgehead atoms. The van der Waals surface area contributed by atoms with Gasteiger partial charge in [-0.3, -0.25) is 4.79 Å². The van der Waals surface area contributed by atoms with Gasteiger partial charge in [0.25, 0.3) is 0 Å². The van der Waals surface area contributed by atoms with Crippen LogP contribution in [0, 0.1) is 5.82 Å². The van der Waals surface area contributed by atoms with E-state index in [4.69, 9.17) is 0 Å². The van der Waals surface area contributed by atoms with Crippen LogP contribution in [-0.4, -0.2) is 17.7 Å². The summed E-state index contributed by atoms with van der Waals surface area (Å²) < 4.78 is 13.2. The maximum Gasteiger partial charge on any atom is 0.230 e. The van der Waals surface area contributed by atoms with Gasteiger partial charge in [-0.2, -0.15) is 0 Å². The molecule has 1 N–H and O–H groups in total. The lowest BCUT2D eigenvalue weighted by molar-refractivity contribution is -0.119. The molecule has 0 aliphatic carbocycles. The monoisotopic (exact) mass is 241 g/mol. The van der Waals surface area contributed by atoms with Crippen LogP contribution in [0.4, 0.5) is 4.39 Å². The molecule has 1 rings (SSSR count). The van der Waals surface area contributed by atoms with Crippen LogP contribution < -0.4 is 5.32 Å². The van der Waals surface area contributed by atoms with Gasteiger partial charge in [-0.05, 0) is 25.5 Å². The van der Waals surface area contributed by atoms with Gasteiger partial charge in [0.15, 0.2) is 0 Å². The van der Waals surface area contributed by atoms with Crippen LogP contribution in [-0.2, 0) is 10.5 Å². The van der Waals surface area contributed by atoms with E-state index >= 15 is 0 Å². The van der Waals surface area contributed by atoms with E-state index in [9.17, 15) is 9.18 Å². The standard InChI is InChI=1S/C12H16FNOS/c1-9(2)14-12(15)8-16-7-10-5-3-4-6-11(10)13/h3-6,9H,7-8H2,1-2H3,(H,14,15). The summed E-state index contributed by atoms with van der Waals surface area (Å²) in [5.74, 6) is 0.681. The van der Waals surface area contributed by atoms with Crippen LogP contribution in [0.5, 0.6) is 0 Å². The molecule has 0 aliphatic rings. The summed E-state index contributed by atoms with van der Waals surface area (Å²) in [5.41, 5.74) is 0.643. The van der Waals surface area contributed by atoms with E-state index in [1.54, 1.807) is 18.2 Å². The summed E-state index contributed by atoms with van der Waals surface area (Å²) in [4.78, 5) is 11.3. The topological polar surface area (TPSA) is 29.1 Å². The molecule has 0 aliphatic heterocycles. The van der Waals surface area contributed by atoms with Crippen molar-refractivity contribution in [3.8, 4) is 0 Å². The first kappa shape index (κ1) is 13.0. The quantitative estimate of drug-likeness (QED) is 0.858. The lowest BCUT2D eigenvalue weighted by Crippen LogP contribution is -2.31. The van der Waals surface area contributed by atoms with Crippen LogP contribution in [0.2, 0.25) is 0 Å². The number of halogens is 1. The van der Waals surface area contributed by atoms with Crippen LogP contribution in [0.1, 0.15) is 19.4 Å². The lowest BCUT2D eigenvalue weighted by Gasteiger charge is -2.08. The first-order chi connectivity index (χ1) is 7.59. The van der Waals surface area contributed by atoms with E-state index in [2.05, 4.69) is 5.32 Å². The Hall–Kier alpha value is -1.03. The van der Waals surface area contributed by atoms with Crippen molar-refractivity contribution in [3.63, 3.8) is 0 Å². The Morgan fingerprint density at radius 1 is 1.44 bits per heavy atom. The zero-order valence-electron chi connectivity index (χ0n) is 9.50. The number of hydrogen-bond donors (Lipinski definition) is 1. The van der Waals surface area contributed by atoms with Crippen molar-refractivity contribution in [1.82, 2.24) is 5.32 Å². The van der Waals surface area contributed by atoms with Gasteiger partial charge in [-0.25, -0.2) is 4.39 Å². The van der Waals surface area contributed by atoms with Crippen molar-refractivity contribution >= 4 is 17.7 Å². The highest BCUT2D eigenvalue weighted by Gasteiger charge is 2.05. The second kappa shape index (κ2) is 6.53. The number of amides is 1. The third-order valence-corrected chi connectivity index (χ3v) is 2.88. The minimum atomic E-state index is -0.209. The Kier molecular flexibility index (Phi) is 5.32. The number of benzene rings is 1. The largest absolute Gasteiger partial charge is 0.353 e. The van der Waals surface area contributed by atoms with E-state index in [-0.39, 0.29) is 17.8 Å². The van der Waals surface area contributed by atoms with Crippen molar-refractivity contribution in [2.24, 2.45) is 0 Å². The molecule has 0 atom stereocenters. The fourth-order valence-corrected chi connectivity index (χ4v) is 2.06. The van der Waals surface area contributed by atoms with Crippen molar-refractivity contribution in [2.45, 2.75) is 25.6 Å². The third kappa shape index (κ3) is 4.66. The number of nitrogens with one attached hydrogen (secondary N) is 1.